The summed E-state index contributed by atoms with van der Waals surface area (Å²) in [6, 6.07) is 4.69. The van der Waals surface area contributed by atoms with Crippen molar-refractivity contribution in [2.75, 3.05) is 0 Å². The Morgan fingerprint density at radius 3 is 2.60 bits per heavy atom. The van der Waals surface area contributed by atoms with Crippen molar-refractivity contribution in [2.45, 2.75) is 26.2 Å². The molecule has 1 rings (SSSR count). The number of rotatable bonds is 3. The summed E-state index contributed by atoms with van der Waals surface area (Å²) >= 11 is 0. The molecule has 0 radical (unpaired) electrons. The number of hydrogen-bond acceptors (Lipinski definition) is 3. The van der Waals surface area contributed by atoms with Crippen LogP contribution in [-0.2, 0) is 0 Å². The fourth-order valence-corrected chi connectivity index (χ4v) is 1.34. The van der Waals surface area contributed by atoms with Crippen LogP contribution in [0.5, 0.6) is 5.75 Å². The Hall–Kier alpha value is -0.510. The van der Waals surface area contributed by atoms with Crippen LogP contribution in [0.3, 0.4) is 0 Å². The van der Waals surface area contributed by atoms with Crippen molar-refractivity contribution >= 4 is 5.97 Å². The van der Waals surface area contributed by atoms with Crippen molar-refractivity contribution in [3.63, 3.8) is 0 Å². The van der Waals surface area contributed by atoms with Crippen LogP contribution in [0.1, 0.15) is 42.1 Å². The Morgan fingerprint density at radius 2 is 2.13 bits per heavy atom. The first kappa shape index (κ1) is 14.5. The molecule has 0 amide bonds. The number of benzene rings is 1. The summed E-state index contributed by atoms with van der Waals surface area (Å²) in [4.78, 5) is 10.6. The second-order valence-electron chi connectivity index (χ2n) is 3.34. The third kappa shape index (κ3) is 3.23. The van der Waals surface area contributed by atoms with Gasteiger partial charge in [0.1, 0.15) is 5.75 Å². The number of para-hydroxylation sites is 1. The molecular formula is C11H13NaO3. The van der Waals surface area contributed by atoms with E-state index in [2.05, 4.69) is 0 Å². The van der Waals surface area contributed by atoms with Crippen LogP contribution in [0.2, 0.25) is 0 Å². The first-order valence-electron chi connectivity index (χ1n) is 4.61. The third-order valence-electron chi connectivity index (χ3n) is 2.43. The van der Waals surface area contributed by atoms with E-state index in [1.165, 1.54) is 6.07 Å². The molecule has 0 spiro atoms. The van der Waals surface area contributed by atoms with E-state index in [1.807, 2.05) is 13.8 Å². The number of hydrogen-bond donors (Lipinski definition) is 1. The smallest absolute Gasteiger partial charge is 0.545 e. The third-order valence-corrected chi connectivity index (χ3v) is 2.43. The number of carbonyl (C=O) groups is 1. The fraction of sp³-hybridized carbons (Fsp3) is 0.364. The SMILES string of the molecule is CCC(C)c1cccc(C(=O)[O-])c1O.[Na+]. The van der Waals surface area contributed by atoms with Gasteiger partial charge in [-0.3, -0.25) is 0 Å². The summed E-state index contributed by atoms with van der Waals surface area (Å²) in [5, 5.41) is 20.3. The normalized spacial score (nSPS) is 11.6. The van der Waals surface area contributed by atoms with E-state index in [1.54, 1.807) is 12.1 Å². The molecule has 0 aliphatic rings. The summed E-state index contributed by atoms with van der Waals surface area (Å²) in [6.07, 6.45) is 0.851. The molecule has 0 aromatic heterocycles. The molecule has 0 saturated heterocycles. The maximum atomic E-state index is 10.6. The average molecular weight is 216 g/mol. The zero-order valence-electron chi connectivity index (χ0n) is 9.28. The molecule has 3 nitrogen and oxygen atoms in total. The van der Waals surface area contributed by atoms with Gasteiger partial charge in [-0.2, -0.15) is 0 Å². The van der Waals surface area contributed by atoms with Crippen molar-refractivity contribution in [1.82, 2.24) is 0 Å². The minimum absolute atomic E-state index is 0. The number of carbonyl (C=O) groups excluding carboxylic acids is 1. The van der Waals surface area contributed by atoms with Gasteiger partial charge in [0.05, 0.1) is 5.97 Å². The van der Waals surface area contributed by atoms with E-state index < -0.39 is 5.97 Å². The van der Waals surface area contributed by atoms with E-state index in [0.29, 0.717) is 5.56 Å². The molecule has 1 aromatic rings. The summed E-state index contributed by atoms with van der Waals surface area (Å²) in [7, 11) is 0. The summed E-state index contributed by atoms with van der Waals surface area (Å²) in [6.45, 7) is 3.92. The molecule has 76 valence electrons. The van der Waals surface area contributed by atoms with Crippen LogP contribution in [0, 0.1) is 0 Å². The number of aromatic hydroxyl groups is 1. The van der Waals surface area contributed by atoms with Gasteiger partial charge in [-0.05, 0) is 24.0 Å². The number of carboxylic acid groups (broad SMARTS) is 1. The quantitative estimate of drug-likeness (QED) is 0.611. The van der Waals surface area contributed by atoms with E-state index in [-0.39, 0.29) is 46.8 Å². The van der Waals surface area contributed by atoms with Crippen LogP contribution in [0.15, 0.2) is 18.2 Å². The molecule has 0 fully saturated rings. The first-order valence-corrected chi connectivity index (χ1v) is 4.61. The fourth-order valence-electron chi connectivity index (χ4n) is 1.34. The molecule has 1 atom stereocenters. The van der Waals surface area contributed by atoms with Gasteiger partial charge in [-0.25, -0.2) is 0 Å². The van der Waals surface area contributed by atoms with E-state index in [9.17, 15) is 15.0 Å². The van der Waals surface area contributed by atoms with Crippen LogP contribution < -0.4 is 34.7 Å². The predicted molar refractivity (Wildman–Crippen MR) is 51.1 cm³/mol. The van der Waals surface area contributed by atoms with Crippen LogP contribution in [0.25, 0.3) is 0 Å². The van der Waals surface area contributed by atoms with Gasteiger partial charge in [0.15, 0.2) is 0 Å². The monoisotopic (exact) mass is 216 g/mol. The molecule has 0 heterocycles. The van der Waals surface area contributed by atoms with Gasteiger partial charge in [-0.1, -0.05) is 26.0 Å². The average Bonchev–Trinajstić information content (AvgIpc) is 2.16. The van der Waals surface area contributed by atoms with Gasteiger partial charge in [0.2, 0.25) is 0 Å². The summed E-state index contributed by atoms with van der Waals surface area (Å²) in [5.74, 6) is -1.36. The molecule has 1 unspecified atom stereocenters. The predicted octanol–water partition coefficient (Wildman–Crippen LogP) is -1.73. The minimum Gasteiger partial charge on any atom is -0.545 e. The van der Waals surface area contributed by atoms with Crippen molar-refractivity contribution in [2.24, 2.45) is 0 Å². The van der Waals surface area contributed by atoms with Gasteiger partial charge in [0, 0.05) is 5.56 Å². The second kappa shape index (κ2) is 6.16. The summed E-state index contributed by atoms with van der Waals surface area (Å²) in [5.41, 5.74) is 0.525. The molecule has 15 heavy (non-hydrogen) atoms. The zero-order valence-corrected chi connectivity index (χ0v) is 11.3. The molecule has 1 N–H and O–H groups in total. The molecule has 0 aliphatic carbocycles. The molecule has 4 heteroatoms. The number of phenols is 1. The van der Waals surface area contributed by atoms with E-state index >= 15 is 0 Å². The molecule has 0 bridgehead atoms. The molecule has 0 saturated carbocycles. The second-order valence-corrected chi connectivity index (χ2v) is 3.34. The Balaban J connectivity index is 0.00000196. The maximum Gasteiger partial charge on any atom is 1.00 e. The van der Waals surface area contributed by atoms with Gasteiger partial charge < -0.3 is 15.0 Å². The van der Waals surface area contributed by atoms with E-state index in [4.69, 9.17) is 0 Å². The Morgan fingerprint density at radius 1 is 1.53 bits per heavy atom. The number of carboxylic acids is 1. The van der Waals surface area contributed by atoms with Crippen molar-refractivity contribution in [1.29, 1.82) is 0 Å². The topological polar surface area (TPSA) is 60.4 Å². The number of aromatic carboxylic acids is 1. The van der Waals surface area contributed by atoms with Crippen molar-refractivity contribution in [3.05, 3.63) is 29.3 Å². The van der Waals surface area contributed by atoms with Crippen LogP contribution >= 0.6 is 0 Å². The van der Waals surface area contributed by atoms with Crippen LogP contribution in [-0.4, -0.2) is 11.1 Å². The molecular weight excluding hydrogens is 203 g/mol. The van der Waals surface area contributed by atoms with Gasteiger partial charge >= 0.3 is 29.6 Å². The maximum absolute atomic E-state index is 10.6. The standard InChI is InChI=1S/C11H14O3.Na/c1-3-7(2)8-5-4-6-9(10(8)12)11(13)14;/h4-7,12H,3H2,1-2H3,(H,13,14);/q;+1/p-1. The van der Waals surface area contributed by atoms with Crippen molar-refractivity contribution < 1.29 is 44.6 Å². The van der Waals surface area contributed by atoms with Gasteiger partial charge in [0.25, 0.3) is 0 Å². The minimum atomic E-state index is -1.34. The van der Waals surface area contributed by atoms with Crippen LogP contribution in [0.4, 0.5) is 0 Å². The summed E-state index contributed by atoms with van der Waals surface area (Å²) < 4.78 is 0. The Bertz CT molecular complexity index is 350. The van der Waals surface area contributed by atoms with Crippen molar-refractivity contribution in [3.8, 4) is 5.75 Å². The zero-order chi connectivity index (χ0) is 10.7. The van der Waals surface area contributed by atoms with E-state index in [0.717, 1.165) is 6.42 Å². The van der Waals surface area contributed by atoms with Gasteiger partial charge in [-0.15, -0.1) is 0 Å². The molecule has 1 aromatic carbocycles. The molecule has 0 aliphatic heterocycles. The first-order chi connectivity index (χ1) is 6.57. The Kier molecular flexibility index (Phi) is 5.95. The Labute approximate surface area is 111 Å². The largest absolute Gasteiger partial charge is 1.00 e.